The number of rotatable bonds is 4. The number of benzene rings is 2. The van der Waals surface area contributed by atoms with E-state index in [-0.39, 0.29) is 17.9 Å². The molecule has 0 fully saturated rings. The molecule has 27 heavy (non-hydrogen) atoms. The molecule has 0 amide bonds. The molecular weight excluding hydrogens is 366 g/mol. The van der Waals surface area contributed by atoms with Crippen LogP contribution in [-0.4, -0.2) is 25.3 Å². The Morgan fingerprint density at radius 2 is 2.04 bits per heavy atom. The van der Waals surface area contributed by atoms with Crippen LogP contribution in [0.1, 0.15) is 39.9 Å². The number of methoxy groups -OCH3 is 2. The molecule has 5 nitrogen and oxygen atoms in total. The zero-order valence-electron chi connectivity index (χ0n) is 15.0. The van der Waals surface area contributed by atoms with E-state index in [1.807, 2.05) is 18.2 Å². The molecule has 2 aromatic carbocycles. The first-order chi connectivity index (χ1) is 13.0. The van der Waals surface area contributed by atoms with Crippen molar-refractivity contribution >= 4 is 23.3 Å². The second-order valence-electron chi connectivity index (χ2n) is 6.77. The molecule has 1 heterocycles. The topological polar surface area (TPSA) is 67.8 Å². The highest BCUT2D eigenvalue weighted by Crippen LogP contribution is 2.54. The van der Waals surface area contributed by atoms with Crippen molar-refractivity contribution in [1.29, 1.82) is 0 Å². The van der Waals surface area contributed by atoms with Gasteiger partial charge in [-0.3, -0.25) is 0 Å². The van der Waals surface area contributed by atoms with Crippen molar-refractivity contribution in [3.8, 4) is 11.5 Å². The van der Waals surface area contributed by atoms with Crippen LogP contribution in [0.4, 0.5) is 5.69 Å². The first kappa shape index (κ1) is 17.7. The van der Waals surface area contributed by atoms with Gasteiger partial charge in [0.25, 0.3) is 0 Å². The van der Waals surface area contributed by atoms with Crippen LogP contribution in [0.25, 0.3) is 0 Å². The Morgan fingerprint density at radius 1 is 1.22 bits per heavy atom. The molecule has 2 aromatic rings. The van der Waals surface area contributed by atoms with Crippen molar-refractivity contribution in [1.82, 2.24) is 0 Å². The number of fused-ring (bicyclic) bond motifs is 3. The third kappa shape index (κ3) is 2.82. The summed E-state index contributed by atoms with van der Waals surface area (Å²) >= 11 is 6.46. The zero-order chi connectivity index (χ0) is 19.1. The quantitative estimate of drug-likeness (QED) is 0.734. The summed E-state index contributed by atoms with van der Waals surface area (Å²) in [6.07, 6.45) is 5.04. The van der Waals surface area contributed by atoms with Crippen LogP contribution in [0.3, 0.4) is 0 Å². The Labute approximate surface area is 162 Å². The fourth-order valence-corrected chi connectivity index (χ4v) is 4.47. The van der Waals surface area contributed by atoms with Gasteiger partial charge in [0.2, 0.25) is 0 Å². The van der Waals surface area contributed by atoms with E-state index in [2.05, 4.69) is 17.5 Å². The number of halogens is 1. The average molecular weight is 386 g/mol. The lowest BCUT2D eigenvalue weighted by Gasteiger charge is -2.39. The van der Waals surface area contributed by atoms with Crippen molar-refractivity contribution in [2.45, 2.75) is 18.4 Å². The van der Waals surface area contributed by atoms with Crippen LogP contribution in [-0.2, 0) is 0 Å². The molecule has 2 N–H and O–H groups in total. The summed E-state index contributed by atoms with van der Waals surface area (Å²) in [6, 6.07) is 8.85. The fraction of sp³-hybridized carbons (Fsp3) is 0.286. The van der Waals surface area contributed by atoms with Crippen molar-refractivity contribution in [3.63, 3.8) is 0 Å². The van der Waals surface area contributed by atoms with Gasteiger partial charge >= 0.3 is 5.97 Å². The van der Waals surface area contributed by atoms with Crippen molar-refractivity contribution < 1.29 is 19.4 Å². The van der Waals surface area contributed by atoms with E-state index in [9.17, 15) is 9.90 Å². The fourth-order valence-electron chi connectivity index (χ4n) is 4.25. The number of ether oxygens (including phenoxy) is 2. The molecule has 1 aliphatic carbocycles. The molecular formula is C21H20ClNO4. The number of allylic oxidation sites excluding steroid dienone is 2. The number of aromatic carboxylic acids is 1. The van der Waals surface area contributed by atoms with E-state index in [0.29, 0.717) is 16.3 Å². The second-order valence-corrected chi connectivity index (χ2v) is 7.18. The molecule has 6 heteroatoms. The van der Waals surface area contributed by atoms with Gasteiger partial charge in [0.1, 0.15) is 11.5 Å². The number of nitrogens with one attached hydrogen (secondary N) is 1. The van der Waals surface area contributed by atoms with Gasteiger partial charge in [-0.25, -0.2) is 4.79 Å². The summed E-state index contributed by atoms with van der Waals surface area (Å²) in [5.41, 5.74) is 2.70. The highest BCUT2D eigenvalue weighted by atomic mass is 35.5. The first-order valence-corrected chi connectivity index (χ1v) is 9.13. The third-order valence-corrected chi connectivity index (χ3v) is 5.79. The van der Waals surface area contributed by atoms with Crippen LogP contribution in [0.2, 0.25) is 5.02 Å². The SMILES string of the molecule is COc1ccc(OC)c([C@H]2Nc3c(Cl)ccc(C(=O)O)c3C3C=CCC32)c1. The molecule has 2 unspecified atom stereocenters. The summed E-state index contributed by atoms with van der Waals surface area (Å²) in [6.45, 7) is 0. The van der Waals surface area contributed by atoms with E-state index in [0.717, 1.165) is 29.0 Å². The molecule has 3 atom stereocenters. The maximum atomic E-state index is 11.8. The van der Waals surface area contributed by atoms with Crippen LogP contribution >= 0.6 is 11.6 Å². The highest BCUT2D eigenvalue weighted by molar-refractivity contribution is 6.33. The molecule has 0 saturated carbocycles. The van der Waals surface area contributed by atoms with Gasteiger partial charge in [-0.05, 0) is 48.2 Å². The lowest BCUT2D eigenvalue weighted by molar-refractivity contribution is 0.0695. The van der Waals surface area contributed by atoms with Crippen molar-refractivity contribution in [2.24, 2.45) is 5.92 Å². The molecule has 0 spiro atoms. The smallest absolute Gasteiger partial charge is 0.336 e. The van der Waals surface area contributed by atoms with Crippen LogP contribution < -0.4 is 14.8 Å². The number of carboxylic acid groups (broad SMARTS) is 1. The number of carboxylic acids is 1. The van der Waals surface area contributed by atoms with Gasteiger partial charge in [0, 0.05) is 11.5 Å². The molecule has 4 rings (SSSR count). The molecule has 0 saturated heterocycles. The third-order valence-electron chi connectivity index (χ3n) is 5.47. The summed E-state index contributed by atoms with van der Waals surface area (Å²) in [5.74, 6) is 0.697. The predicted molar refractivity (Wildman–Crippen MR) is 104 cm³/mol. The number of anilines is 1. The maximum absolute atomic E-state index is 11.8. The maximum Gasteiger partial charge on any atom is 0.336 e. The minimum atomic E-state index is -0.943. The number of hydrogen-bond donors (Lipinski definition) is 2. The molecule has 0 bridgehead atoms. The van der Waals surface area contributed by atoms with E-state index >= 15 is 0 Å². The van der Waals surface area contributed by atoms with Gasteiger partial charge < -0.3 is 19.9 Å². The zero-order valence-corrected chi connectivity index (χ0v) is 15.8. The molecule has 2 aliphatic rings. The Morgan fingerprint density at radius 3 is 2.74 bits per heavy atom. The minimum absolute atomic E-state index is 0.0213. The number of hydrogen-bond acceptors (Lipinski definition) is 4. The summed E-state index contributed by atoms with van der Waals surface area (Å²) < 4.78 is 11.0. The van der Waals surface area contributed by atoms with E-state index < -0.39 is 5.97 Å². The van der Waals surface area contributed by atoms with Crippen LogP contribution in [0.15, 0.2) is 42.5 Å². The van der Waals surface area contributed by atoms with Crippen LogP contribution in [0.5, 0.6) is 11.5 Å². The summed E-state index contributed by atoms with van der Waals surface area (Å²) in [7, 11) is 3.27. The standard InChI is InChI=1S/C21H20ClNO4/c1-26-11-6-9-17(27-2)15(10-11)19-13-5-3-4-12(13)18-14(21(24)25)7-8-16(22)20(18)23-19/h3-4,6-10,12-13,19,23H,5H2,1-2H3,(H,24,25)/t12?,13?,19-/m0/s1. The number of carbonyl (C=O) groups is 1. The molecule has 0 radical (unpaired) electrons. The van der Waals surface area contributed by atoms with Crippen LogP contribution in [0, 0.1) is 5.92 Å². The van der Waals surface area contributed by atoms with Crippen molar-refractivity contribution in [3.05, 3.63) is 64.2 Å². The van der Waals surface area contributed by atoms with E-state index in [1.165, 1.54) is 0 Å². The summed E-state index contributed by atoms with van der Waals surface area (Å²) in [4.78, 5) is 11.8. The largest absolute Gasteiger partial charge is 0.497 e. The molecule has 1 aliphatic heterocycles. The van der Waals surface area contributed by atoms with E-state index in [1.54, 1.807) is 26.4 Å². The Kier molecular flexibility index (Phi) is 4.48. The summed E-state index contributed by atoms with van der Waals surface area (Å²) in [5, 5.41) is 13.7. The monoisotopic (exact) mass is 385 g/mol. The molecule has 140 valence electrons. The normalized spacial score (nSPS) is 22.6. The first-order valence-electron chi connectivity index (χ1n) is 8.76. The average Bonchev–Trinajstić information content (AvgIpc) is 3.17. The van der Waals surface area contributed by atoms with Gasteiger partial charge in [-0.1, -0.05) is 23.8 Å². The Balaban J connectivity index is 1.89. The second kappa shape index (κ2) is 6.82. The Bertz CT molecular complexity index is 940. The lowest BCUT2D eigenvalue weighted by Crippen LogP contribution is -2.31. The van der Waals surface area contributed by atoms with Gasteiger partial charge in [0.05, 0.1) is 36.5 Å². The van der Waals surface area contributed by atoms with Gasteiger partial charge in [-0.2, -0.15) is 0 Å². The van der Waals surface area contributed by atoms with Gasteiger partial charge in [-0.15, -0.1) is 0 Å². The Hall–Kier alpha value is -2.66. The van der Waals surface area contributed by atoms with Crippen molar-refractivity contribution in [2.75, 3.05) is 19.5 Å². The minimum Gasteiger partial charge on any atom is -0.497 e. The highest BCUT2D eigenvalue weighted by Gasteiger charge is 2.41. The lowest BCUT2D eigenvalue weighted by atomic mass is 9.75. The molecule has 0 aromatic heterocycles. The predicted octanol–water partition coefficient (Wildman–Crippen LogP) is 4.88. The van der Waals surface area contributed by atoms with E-state index in [4.69, 9.17) is 21.1 Å². The van der Waals surface area contributed by atoms with Gasteiger partial charge in [0.15, 0.2) is 0 Å².